The molecule has 0 aromatic heterocycles. The zero-order chi connectivity index (χ0) is 25.2. The second-order valence-electron chi connectivity index (χ2n) is 8.74. The van der Waals surface area contributed by atoms with Crippen LogP contribution >= 0.6 is 11.6 Å². The maximum atomic E-state index is 13.2. The summed E-state index contributed by atoms with van der Waals surface area (Å²) in [5.41, 5.74) is 0.101. The maximum Gasteiger partial charge on any atom is 0.328 e. The van der Waals surface area contributed by atoms with Gasteiger partial charge < -0.3 is 20.1 Å². The summed E-state index contributed by atoms with van der Waals surface area (Å²) in [5.74, 6) is -2.53. The quantitative estimate of drug-likeness (QED) is 0.468. The van der Waals surface area contributed by atoms with E-state index in [1.807, 2.05) is 20.8 Å². The van der Waals surface area contributed by atoms with E-state index in [2.05, 4.69) is 10.6 Å². The molecular formula is C24H35ClN2O6. The van der Waals surface area contributed by atoms with E-state index in [-0.39, 0.29) is 32.0 Å². The Balaban J connectivity index is 2.98. The molecule has 1 unspecified atom stereocenters. The minimum atomic E-state index is -1.04. The lowest BCUT2D eigenvalue weighted by Crippen LogP contribution is -2.57. The van der Waals surface area contributed by atoms with Gasteiger partial charge in [0.2, 0.25) is 11.8 Å². The van der Waals surface area contributed by atoms with E-state index in [9.17, 15) is 19.2 Å². The van der Waals surface area contributed by atoms with Crippen LogP contribution in [0, 0.1) is 5.41 Å². The smallest absolute Gasteiger partial charge is 0.328 e. The Morgan fingerprint density at radius 2 is 1.52 bits per heavy atom. The van der Waals surface area contributed by atoms with Crippen molar-refractivity contribution >= 4 is 35.4 Å². The third-order valence-electron chi connectivity index (χ3n) is 5.01. The van der Waals surface area contributed by atoms with E-state index < -0.39 is 41.3 Å². The van der Waals surface area contributed by atoms with Gasteiger partial charge in [0.05, 0.1) is 19.1 Å². The van der Waals surface area contributed by atoms with Gasteiger partial charge in [0.25, 0.3) is 0 Å². The van der Waals surface area contributed by atoms with Crippen molar-refractivity contribution in [2.75, 3.05) is 13.2 Å². The molecule has 0 radical (unpaired) electrons. The molecule has 3 atom stereocenters. The zero-order valence-electron chi connectivity index (χ0n) is 20.2. The molecular weight excluding hydrogens is 448 g/mol. The normalized spacial score (nSPS) is 13.9. The van der Waals surface area contributed by atoms with Crippen molar-refractivity contribution in [1.29, 1.82) is 0 Å². The Morgan fingerprint density at radius 3 is 2.03 bits per heavy atom. The van der Waals surface area contributed by atoms with Crippen molar-refractivity contribution in [2.24, 2.45) is 5.41 Å². The average molecular weight is 483 g/mol. The summed E-state index contributed by atoms with van der Waals surface area (Å²) in [4.78, 5) is 50.2. The third kappa shape index (κ3) is 9.42. The van der Waals surface area contributed by atoms with Crippen molar-refractivity contribution in [3.05, 3.63) is 34.9 Å². The first-order chi connectivity index (χ1) is 15.4. The molecule has 1 aromatic rings. The lowest BCUT2D eigenvalue weighted by atomic mass is 9.85. The van der Waals surface area contributed by atoms with Crippen LogP contribution < -0.4 is 10.6 Å². The standard InChI is InChI=1S/C24H35ClN2O6/c1-7-32-19(28)14-13-18(23(31)33-8-2)26-22(30)20(24(4,5)6)27-21(29)15(3)16-9-11-17(25)12-10-16/h9-12,15,18,20H,7-8,13-14H2,1-6H3,(H,26,30)(H,27,29)/t15?,18-,20-/m1/s1. The summed E-state index contributed by atoms with van der Waals surface area (Å²) in [7, 11) is 0. The van der Waals surface area contributed by atoms with Crippen LogP contribution in [-0.2, 0) is 28.7 Å². The maximum absolute atomic E-state index is 13.2. The average Bonchev–Trinajstić information content (AvgIpc) is 2.74. The first kappa shape index (κ1) is 28.4. The first-order valence-electron chi connectivity index (χ1n) is 11.1. The molecule has 0 bridgehead atoms. The molecule has 33 heavy (non-hydrogen) atoms. The van der Waals surface area contributed by atoms with Crippen LogP contribution in [0.25, 0.3) is 0 Å². The molecule has 1 rings (SSSR count). The Hall–Kier alpha value is -2.61. The van der Waals surface area contributed by atoms with Crippen LogP contribution in [0.5, 0.6) is 0 Å². The van der Waals surface area contributed by atoms with Gasteiger partial charge in [-0.1, -0.05) is 44.5 Å². The summed E-state index contributed by atoms with van der Waals surface area (Å²) < 4.78 is 9.94. The number of hydrogen-bond donors (Lipinski definition) is 2. The monoisotopic (exact) mass is 482 g/mol. The molecule has 0 aliphatic carbocycles. The predicted octanol–water partition coefficient (Wildman–Crippen LogP) is 3.37. The van der Waals surface area contributed by atoms with Gasteiger partial charge >= 0.3 is 11.9 Å². The molecule has 0 aliphatic heterocycles. The Bertz CT molecular complexity index is 819. The molecule has 0 aliphatic rings. The SMILES string of the molecule is CCOC(=O)CC[C@@H](NC(=O)[C@@H](NC(=O)C(C)c1ccc(Cl)cc1)C(C)(C)C)C(=O)OCC. The molecule has 2 amide bonds. The van der Waals surface area contributed by atoms with Gasteiger partial charge in [0.1, 0.15) is 12.1 Å². The molecule has 2 N–H and O–H groups in total. The van der Waals surface area contributed by atoms with Gasteiger partial charge in [0.15, 0.2) is 0 Å². The van der Waals surface area contributed by atoms with Crippen molar-refractivity contribution in [3.8, 4) is 0 Å². The lowest BCUT2D eigenvalue weighted by Gasteiger charge is -2.32. The summed E-state index contributed by atoms with van der Waals surface area (Å²) >= 11 is 5.92. The largest absolute Gasteiger partial charge is 0.466 e. The second kappa shape index (κ2) is 13.2. The van der Waals surface area contributed by atoms with Crippen LogP contribution in [-0.4, -0.2) is 49.1 Å². The van der Waals surface area contributed by atoms with Crippen LogP contribution in [0.15, 0.2) is 24.3 Å². The van der Waals surface area contributed by atoms with Crippen LogP contribution in [0.3, 0.4) is 0 Å². The molecule has 1 aromatic carbocycles. The molecule has 0 spiro atoms. The van der Waals surface area contributed by atoms with Gasteiger partial charge in [-0.25, -0.2) is 4.79 Å². The highest BCUT2D eigenvalue weighted by Gasteiger charge is 2.36. The van der Waals surface area contributed by atoms with Crippen molar-refractivity contribution in [3.63, 3.8) is 0 Å². The number of benzene rings is 1. The summed E-state index contributed by atoms with van der Waals surface area (Å²) in [6.07, 6.45) is -0.0346. The fourth-order valence-corrected chi connectivity index (χ4v) is 3.21. The van der Waals surface area contributed by atoms with Gasteiger partial charge in [-0.3, -0.25) is 14.4 Å². The van der Waals surface area contributed by atoms with Crippen LogP contribution in [0.2, 0.25) is 5.02 Å². The highest BCUT2D eigenvalue weighted by atomic mass is 35.5. The molecule has 0 heterocycles. The second-order valence-corrected chi connectivity index (χ2v) is 9.17. The number of carbonyl (C=O) groups is 4. The molecule has 184 valence electrons. The number of amides is 2. The van der Waals surface area contributed by atoms with E-state index in [1.54, 1.807) is 45.0 Å². The van der Waals surface area contributed by atoms with Gasteiger partial charge in [-0.15, -0.1) is 0 Å². The van der Waals surface area contributed by atoms with E-state index in [0.29, 0.717) is 5.02 Å². The van der Waals surface area contributed by atoms with E-state index in [1.165, 1.54) is 0 Å². The van der Waals surface area contributed by atoms with Crippen LogP contribution in [0.4, 0.5) is 0 Å². The van der Waals surface area contributed by atoms with Gasteiger partial charge in [-0.05, 0) is 50.3 Å². The number of rotatable bonds is 11. The number of hydrogen-bond acceptors (Lipinski definition) is 6. The fourth-order valence-electron chi connectivity index (χ4n) is 3.09. The molecule has 0 fully saturated rings. The summed E-state index contributed by atoms with van der Waals surface area (Å²) in [5, 5.41) is 6.01. The molecule has 9 heteroatoms. The number of ether oxygens (including phenoxy) is 2. The molecule has 0 saturated carbocycles. The number of carbonyl (C=O) groups excluding carboxylic acids is 4. The topological polar surface area (TPSA) is 111 Å². The third-order valence-corrected chi connectivity index (χ3v) is 5.26. The first-order valence-corrected chi connectivity index (χ1v) is 11.5. The van der Waals surface area contributed by atoms with Crippen LogP contribution in [0.1, 0.15) is 65.9 Å². The van der Waals surface area contributed by atoms with Crippen molar-refractivity contribution in [2.45, 2.75) is 72.4 Å². The van der Waals surface area contributed by atoms with Crippen molar-refractivity contribution < 1.29 is 28.7 Å². The number of halogens is 1. The van der Waals surface area contributed by atoms with Gasteiger partial charge in [0, 0.05) is 11.4 Å². The van der Waals surface area contributed by atoms with E-state index >= 15 is 0 Å². The van der Waals surface area contributed by atoms with Gasteiger partial charge in [-0.2, -0.15) is 0 Å². The summed E-state index contributed by atoms with van der Waals surface area (Å²) in [6, 6.07) is 4.93. The van der Waals surface area contributed by atoms with Crippen molar-refractivity contribution in [1.82, 2.24) is 10.6 Å². The minimum absolute atomic E-state index is 0.0232. The lowest BCUT2D eigenvalue weighted by molar-refractivity contribution is -0.149. The molecule has 0 saturated heterocycles. The predicted molar refractivity (Wildman–Crippen MR) is 126 cm³/mol. The van der Waals surface area contributed by atoms with E-state index in [4.69, 9.17) is 21.1 Å². The van der Waals surface area contributed by atoms with E-state index in [0.717, 1.165) is 5.56 Å². The minimum Gasteiger partial charge on any atom is -0.466 e. The number of esters is 2. The molecule has 8 nitrogen and oxygen atoms in total. The highest BCUT2D eigenvalue weighted by Crippen LogP contribution is 2.23. The fraction of sp³-hybridized carbons (Fsp3) is 0.583. The number of nitrogens with one attached hydrogen (secondary N) is 2. The Labute approximate surface area is 200 Å². The zero-order valence-corrected chi connectivity index (χ0v) is 21.0. The summed E-state index contributed by atoms with van der Waals surface area (Å²) in [6.45, 7) is 10.8. The highest BCUT2D eigenvalue weighted by molar-refractivity contribution is 6.30. The Kier molecular flexibility index (Phi) is 11.4. The Morgan fingerprint density at radius 1 is 0.939 bits per heavy atom.